The number of carbonyl (C=O) groups is 1. The van der Waals surface area contributed by atoms with Crippen molar-refractivity contribution in [2.24, 2.45) is 0 Å². The van der Waals surface area contributed by atoms with E-state index in [0.717, 1.165) is 18.4 Å². The first-order valence-electron chi connectivity index (χ1n) is 6.36. The molecule has 1 fully saturated rings. The van der Waals surface area contributed by atoms with Crippen molar-refractivity contribution in [3.63, 3.8) is 0 Å². The van der Waals surface area contributed by atoms with Gasteiger partial charge in [-0.1, -0.05) is 49.1 Å². The van der Waals surface area contributed by atoms with Crippen molar-refractivity contribution in [1.82, 2.24) is 0 Å². The summed E-state index contributed by atoms with van der Waals surface area (Å²) in [5.41, 5.74) is 1.65. The fourth-order valence-electron chi connectivity index (χ4n) is 1.71. The van der Waals surface area contributed by atoms with Crippen LogP contribution in [-0.2, 0) is 9.53 Å². The van der Waals surface area contributed by atoms with Crippen LogP contribution in [0.3, 0.4) is 0 Å². The van der Waals surface area contributed by atoms with Crippen molar-refractivity contribution in [3.8, 4) is 0 Å². The lowest BCUT2D eigenvalue weighted by molar-refractivity contribution is -0.148. The second-order valence-corrected chi connectivity index (χ2v) is 4.58. The molecule has 1 aliphatic rings. The Hall–Kier alpha value is -1.83. The molecule has 0 aromatic heterocycles. The zero-order chi connectivity index (χ0) is 12.8. The minimum atomic E-state index is -0.252. The highest BCUT2D eigenvalue weighted by molar-refractivity contribution is 5.88. The Morgan fingerprint density at radius 2 is 2.06 bits per heavy atom. The molecule has 0 heterocycles. The molecule has 18 heavy (non-hydrogen) atoms. The molecule has 0 bridgehead atoms. The van der Waals surface area contributed by atoms with E-state index in [1.807, 2.05) is 42.5 Å². The van der Waals surface area contributed by atoms with Crippen molar-refractivity contribution in [2.75, 3.05) is 0 Å². The molecular weight excluding hydrogens is 224 g/mol. The van der Waals surface area contributed by atoms with Gasteiger partial charge in [0, 0.05) is 5.57 Å². The van der Waals surface area contributed by atoms with Crippen LogP contribution < -0.4 is 0 Å². The first kappa shape index (κ1) is 12.6. The molecule has 0 N–H and O–H groups in total. The van der Waals surface area contributed by atoms with Crippen LogP contribution in [0.2, 0.25) is 0 Å². The molecule has 0 saturated heterocycles. The Morgan fingerprint density at radius 1 is 1.33 bits per heavy atom. The molecule has 94 valence electrons. The third-order valence-corrected chi connectivity index (χ3v) is 3.09. The van der Waals surface area contributed by atoms with Gasteiger partial charge in [-0.25, -0.2) is 4.79 Å². The first-order chi connectivity index (χ1) is 8.75. The number of esters is 1. The quantitative estimate of drug-likeness (QED) is 0.580. The topological polar surface area (TPSA) is 26.3 Å². The minimum absolute atomic E-state index is 0.132. The maximum Gasteiger partial charge on any atom is 0.333 e. The number of benzene rings is 1. The van der Waals surface area contributed by atoms with Crippen LogP contribution >= 0.6 is 0 Å². The molecule has 0 unspecified atom stereocenters. The van der Waals surface area contributed by atoms with E-state index in [9.17, 15) is 4.79 Å². The van der Waals surface area contributed by atoms with Gasteiger partial charge in [0.05, 0.1) is 0 Å². The zero-order valence-corrected chi connectivity index (χ0v) is 10.5. The molecule has 1 aliphatic carbocycles. The molecule has 1 aromatic rings. The number of allylic oxidation sites excluding steroid dienone is 1. The Labute approximate surface area is 108 Å². The number of hydrogen-bond acceptors (Lipinski definition) is 2. The second-order valence-electron chi connectivity index (χ2n) is 4.58. The van der Waals surface area contributed by atoms with Gasteiger partial charge in [-0.2, -0.15) is 0 Å². The van der Waals surface area contributed by atoms with Crippen molar-refractivity contribution < 1.29 is 9.53 Å². The van der Waals surface area contributed by atoms with Crippen LogP contribution in [0.25, 0.3) is 6.08 Å². The summed E-state index contributed by atoms with van der Waals surface area (Å²) in [4.78, 5) is 11.6. The smallest absolute Gasteiger partial charge is 0.333 e. The normalized spacial score (nSPS) is 15.3. The predicted octanol–water partition coefficient (Wildman–Crippen LogP) is 3.74. The Kier molecular flexibility index (Phi) is 4.35. The number of rotatable bonds is 5. The van der Waals surface area contributed by atoms with Crippen LogP contribution in [0.5, 0.6) is 0 Å². The molecule has 2 nitrogen and oxygen atoms in total. The van der Waals surface area contributed by atoms with Crippen LogP contribution in [0.4, 0.5) is 0 Å². The van der Waals surface area contributed by atoms with Crippen molar-refractivity contribution in [1.29, 1.82) is 0 Å². The van der Waals surface area contributed by atoms with E-state index in [0.29, 0.717) is 12.0 Å². The summed E-state index contributed by atoms with van der Waals surface area (Å²) >= 11 is 0. The number of ether oxygens (including phenoxy) is 1. The SMILES string of the molecule is C=C(CC=Cc1ccccc1)C(=O)OC1CCC1. The van der Waals surface area contributed by atoms with E-state index in [-0.39, 0.29) is 12.1 Å². The monoisotopic (exact) mass is 242 g/mol. The van der Waals surface area contributed by atoms with E-state index in [2.05, 4.69) is 6.58 Å². The summed E-state index contributed by atoms with van der Waals surface area (Å²) in [7, 11) is 0. The fourth-order valence-corrected chi connectivity index (χ4v) is 1.71. The van der Waals surface area contributed by atoms with Gasteiger partial charge < -0.3 is 4.74 Å². The molecule has 0 aliphatic heterocycles. The van der Waals surface area contributed by atoms with E-state index in [1.165, 1.54) is 6.42 Å². The average molecular weight is 242 g/mol. The lowest BCUT2D eigenvalue weighted by atomic mass is 9.96. The largest absolute Gasteiger partial charge is 0.459 e. The standard InChI is InChI=1S/C16H18O2/c1-13(16(17)18-15-11-6-12-15)7-5-10-14-8-3-2-4-9-14/h2-5,8-10,15H,1,6-7,11-12H2. The van der Waals surface area contributed by atoms with Gasteiger partial charge in [0.25, 0.3) is 0 Å². The molecule has 0 amide bonds. The first-order valence-corrected chi connectivity index (χ1v) is 6.36. The third-order valence-electron chi connectivity index (χ3n) is 3.09. The highest BCUT2D eigenvalue weighted by Crippen LogP contribution is 2.23. The summed E-state index contributed by atoms with van der Waals surface area (Å²) in [6.45, 7) is 3.77. The van der Waals surface area contributed by atoms with Gasteiger partial charge in [-0.15, -0.1) is 0 Å². The Bertz CT molecular complexity index is 441. The van der Waals surface area contributed by atoms with Crippen molar-refractivity contribution in [2.45, 2.75) is 31.8 Å². The molecule has 2 rings (SSSR count). The lowest BCUT2D eigenvalue weighted by Crippen LogP contribution is -2.25. The Morgan fingerprint density at radius 3 is 2.67 bits per heavy atom. The highest BCUT2D eigenvalue weighted by Gasteiger charge is 2.22. The maximum atomic E-state index is 11.6. The molecule has 0 atom stereocenters. The van der Waals surface area contributed by atoms with Crippen LogP contribution in [-0.4, -0.2) is 12.1 Å². The van der Waals surface area contributed by atoms with E-state index in [4.69, 9.17) is 4.74 Å². The maximum absolute atomic E-state index is 11.6. The van der Waals surface area contributed by atoms with Crippen LogP contribution in [0.1, 0.15) is 31.2 Å². The van der Waals surface area contributed by atoms with Gasteiger partial charge >= 0.3 is 5.97 Å². The number of hydrogen-bond donors (Lipinski definition) is 0. The molecule has 0 spiro atoms. The highest BCUT2D eigenvalue weighted by atomic mass is 16.5. The summed E-state index contributed by atoms with van der Waals surface area (Å²) < 4.78 is 5.28. The van der Waals surface area contributed by atoms with Crippen molar-refractivity contribution in [3.05, 3.63) is 54.1 Å². The average Bonchev–Trinajstić information content (AvgIpc) is 2.34. The molecule has 0 radical (unpaired) electrons. The van der Waals surface area contributed by atoms with Gasteiger partial charge in [-0.3, -0.25) is 0 Å². The molecule has 1 saturated carbocycles. The van der Waals surface area contributed by atoms with Crippen molar-refractivity contribution >= 4 is 12.0 Å². The fraction of sp³-hybridized carbons (Fsp3) is 0.312. The van der Waals surface area contributed by atoms with Crippen LogP contribution in [0.15, 0.2) is 48.6 Å². The Balaban J connectivity index is 1.77. The van der Waals surface area contributed by atoms with E-state index >= 15 is 0 Å². The van der Waals surface area contributed by atoms with E-state index in [1.54, 1.807) is 0 Å². The zero-order valence-electron chi connectivity index (χ0n) is 10.5. The van der Waals surface area contributed by atoms with Gasteiger partial charge in [0.15, 0.2) is 0 Å². The summed E-state index contributed by atoms with van der Waals surface area (Å²) in [5, 5.41) is 0. The van der Waals surface area contributed by atoms with Gasteiger partial charge in [-0.05, 0) is 31.2 Å². The molecule has 1 aromatic carbocycles. The molecule has 2 heteroatoms. The number of carbonyl (C=O) groups excluding carboxylic acids is 1. The predicted molar refractivity (Wildman–Crippen MR) is 73.0 cm³/mol. The summed E-state index contributed by atoms with van der Waals surface area (Å²) in [6.07, 6.45) is 7.77. The second kappa shape index (κ2) is 6.20. The molecular formula is C16H18O2. The van der Waals surface area contributed by atoms with Gasteiger partial charge in [0.2, 0.25) is 0 Å². The minimum Gasteiger partial charge on any atom is -0.459 e. The van der Waals surface area contributed by atoms with Gasteiger partial charge in [0.1, 0.15) is 6.10 Å². The summed E-state index contributed by atoms with van der Waals surface area (Å²) in [6, 6.07) is 9.99. The lowest BCUT2D eigenvalue weighted by Gasteiger charge is -2.25. The third kappa shape index (κ3) is 3.59. The van der Waals surface area contributed by atoms with E-state index < -0.39 is 0 Å². The van der Waals surface area contributed by atoms with Crippen LogP contribution in [0, 0.1) is 0 Å². The summed E-state index contributed by atoms with van der Waals surface area (Å²) in [5.74, 6) is -0.252.